The first kappa shape index (κ1) is 10.5. The van der Waals surface area contributed by atoms with Gasteiger partial charge in [-0.15, -0.1) is 0 Å². The van der Waals surface area contributed by atoms with Gasteiger partial charge in [0.1, 0.15) is 0 Å². The molecule has 66 valence electrons. The third kappa shape index (κ3) is 7.44. The quantitative estimate of drug-likeness (QED) is 0.581. The average Bonchev–Trinajstić information content (AvgIpc) is 2.01. The van der Waals surface area contributed by atoms with Gasteiger partial charge >= 0.3 is 0 Å². The van der Waals surface area contributed by atoms with Crippen molar-refractivity contribution in [1.82, 2.24) is 5.32 Å². The fraction of sp³-hybridized carbons (Fsp3) is 0.800. The molecular formula is C10H21N. The van der Waals surface area contributed by atoms with Crippen LogP contribution >= 0.6 is 0 Å². The predicted molar refractivity (Wildman–Crippen MR) is 51.6 cm³/mol. The second-order valence-corrected chi connectivity index (χ2v) is 3.06. The molecule has 1 nitrogen and oxygen atoms in total. The lowest BCUT2D eigenvalue weighted by molar-refractivity contribution is 0.541. The van der Waals surface area contributed by atoms with E-state index in [0.717, 1.165) is 0 Å². The zero-order valence-electron chi connectivity index (χ0n) is 8.06. The van der Waals surface area contributed by atoms with E-state index in [9.17, 15) is 0 Å². The monoisotopic (exact) mass is 155 g/mol. The molecule has 0 bridgehead atoms. The molecule has 0 aliphatic heterocycles. The summed E-state index contributed by atoms with van der Waals surface area (Å²) in [5.41, 5.74) is 0. The second kappa shape index (κ2) is 7.64. The Balaban J connectivity index is 3.15. The summed E-state index contributed by atoms with van der Waals surface area (Å²) in [4.78, 5) is 0. The van der Waals surface area contributed by atoms with E-state index < -0.39 is 0 Å². The van der Waals surface area contributed by atoms with E-state index in [4.69, 9.17) is 0 Å². The molecule has 0 saturated carbocycles. The van der Waals surface area contributed by atoms with Crippen LogP contribution in [0.25, 0.3) is 0 Å². The normalized spacial score (nSPS) is 13.7. The SMILES string of the molecule is C/C=C/NC(C)CCCCC. The molecule has 0 radical (unpaired) electrons. The molecule has 0 aliphatic rings. The van der Waals surface area contributed by atoms with Crippen molar-refractivity contribution < 1.29 is 0 Å². The fourth-order valence-electron chi connectivity index (χ4n) is 1.04. The molecule has 0 rings (SSSR count). The molecule has 0 aromatic heterocycles. The van der Waals surface area contributed by atoms with Gasteiger partial charge in [0.15, 0.2) is 0 Å². The maximum atomic E-state index is 3.31. The summed E-state index contributed by atoms with van der Waals surface area (Å²) in [5.74, 6) is 0. The molecule has 0 heterocycles. The van der Waals surface area contributed by atoms with Crippen LogP contribution in [0.4, 0.5) is 0 Å². The summed E-state index contributed by atoms with van der Waals surface area (Å²) in [6.45, 7) is 6.51. The van der Waals surface area contributed by atoms with Crippen LogP contribution in [0, 0.1) is 0 Å². The van der Waals surface area contributed by atoms with Gasteiger partial charge in [-0.3, -0.25) is 0 Å². The van der Waals surface area contributed by atoms with E-state index in [-0.39, 0.29) is 0 Å². The van der Waals surface area contributed by atoms with E-state index >= 15 is 0 Å². The van der Waals surface area contributed by atoms with Crippen LogP contribution in [-0.2, 0) is 0 Å². The van der Waals surface area contributed by atoms with Crippen LogP contribution in [0.15, 0.2) is 12.3 Å². The summed E-state index contributed by atoms with van der Waals surface area (Å²) in [5, 5.41) is 3.31. The van der Waals surface area contributed by atoms with Crippen molar-refractivity contribution in [3.8, 4) is 0 Å². The lowest BCUT2D eigenvalue weighted by atomic mass is 10.1. The second-order valence-electron chi connectivity index (χ2n) is 3.06. The van der Waals surface area contributed by atoms with Gasteiger partial charge in [-0.2, -0.15) is 0 Å². The van der Waals surface area contributed by atoms with Crippen molar-refractivity contribution in [2.45, 2.75) is 52.5 Å². The molecule has 0 fully saturated rings. The first-order valence-electron chi connectivity index (χ1n) is 4.68. The van der Waals surface area contributed by atoms with E-state index in [1.165, 1.54) is 25.7 Å². The number of hydrogen-bond donors (Lipinski definition) is 1. The Morgan fingerprint density at radius 3 is 2.64 bits per heavy atom. The summed E-state index contributed by atoms with van der Waals surface area (Å²) < 4.78 is 0. The van der Waals surface area contributed by atoms with Crippen LogP contribution < -0.4 is 5.32 Å². The molecule has 1 heteroatoms. The highest BCUT2D eigenvalue weighted by molar-refractivity contribution is 4.77. The van der Waals surface area contributed by atoms with Gasteiger partial charge in [-0.25, -0.2) is 0 Å². The standard InChI is InChI=1S/C10H21N/c1-4-6-7-8-10(3)11-9-5-2/h5,9-11H,4,6-8H2,1-3H3/b9-5+. The van der Waals surface area contributed by atoms with Crippen molar-refractivity contribution in [3.05, 3.63) is 12.3 Å². The van der Waals surface area contributed by atoms with Crippen molar-refractivity contribution in [3.63, 3.8) is 0 Å². The maximum Gasteiger partial charge on any atom is 0.0227 e. The average molecular weight is 155 g/mol. The molecule has 0 aromatic carbocycles. The highest BCUT2D eigenvalue weighted by atomic mass is 14.9. The topological polar surface area (TPSA) is 12.0 Å². The Kier molecular flexibility index (Phi) is 7.33. The Hall–Kier alpha value is -0.460. The number of allylic oxidation sites excluding steroid dienone is 1. The zero-order valence-corrected chi connectivity index (χ0v) is 8.06. The Labute approximate surface area is 70.9 Å². The minimum absolute atomic E-state index is 0.637. The Morgan fingerprint density at radius 1 is 1.36 bits per heavy atom. The van der Waals surface area contributed by atoms with E-state index in [1.54, 1.807) is 0 Å². The largest absolute Gasteiger partial charge is 0.389 e. The van der Waals surface area contributed by atoms with Gasteiger partial charge in [-0.05, 0) is 26.5 Å². The lowest BCUT2D eigenvalue weighted by Crippen LogP contribution is -2.19. The van der Waals surface area contributed by atoms with Crippen LogP contribution in [0.3, 0.4) is 0 Å². The van der Waals surface area contributed by atoms with Crippen molar-refractivity contribution in [1.29, 1.82) is 0 Å². The molecule has 0 spiro atoms. The highest BCUT2D eigenvalue weighted by Crippen LogP contribution is 2.02. The highest BCUT2D eigenvalue weighted by Gasteiger charge is 1.95. The smallest absolute Gasteiger partial charge is 0.0227 e. The van der Waals surface area contributed by atoms with Gasteiger partial charge in [-0.1, -0.05) is 32.3 Å². The molecule has 1 N–H and O–H groups in total. The van der Waals surface area contributed by atoms with Crippen molar-refractivity contribution >= 4 is 0 Å². The summed E-state index contributed by atoms with van der Waals surface area (Å²) in [7, 11) is 0. The Bertz CT molecular complexity index is 97.0. The third-order valence-corrected chi connectivity index (χ3v) is 1.79. The number of unbranched alkanes of at least 4 members (excludes halogenated alkanes) is 2. The van der Waals surface area contributed by atoms with Gasteiger partial charge in [0.05, 0.1) is 0 Å². The van der Waals surface area contributed by atoms with Gasteiger partial charge < -0.3 is 5.32 Å². The molecule has 11 heavy (non-hydrogen) atoms. The summed E-state index contributed by atoms with van der Waals surface area (Å²) in [6, 6.07) is 0.637. The lowest BCUT2D eigenvalue weighted by Gasteiger charge is -2.10. The Morgan fingerprint density at radius 2 is 2.09 bits per heavy atom. The molecule has 1 atom stereocenters. The van der Waals surface area contributed by atoms with Crippen molar-refractivity contribution in [2.24, 2.45) is 0 Å². The minimum atomic E-state index is 0.637. The fourth-order valence-corrected chi connectivity index (χ4v) is 1.04. The van der Waals surface area contributed by atoms with Crippen LogP contribution in [0.5, 0.6) is 0 Å². The van der Waals surface area contributed by atoms with E-state index in [0.29, 0.717) is 6.04 Å². The molecule has 0 amide bonds. The third-order valence-electron chi connectivity index (χ3n) is 1.79. The van der Waals surface area contributed by atoms with E-state index in [2.05, 4.69) is 19.2 Å². The number of rotatable bonds is 6. The van der Waals surface area contributed by atoms with Crippen molar-refractivity contribution in [2.75, 3.05) is 0 Å². The summed E-state index contributed by atoms with van der Waals surface area (Å²) >= 11 is 0. The predicted octanol–water partition coefficient (Wildman–Crippen LogP) is 3.08. The molecule has 0 aliphatic carbocycles. The molecular weight excluding hydrogens is 134 g/mol. The van der Waals surface area contributed by atoms with Crippen LogP contribution in [0.1, 0.15) is 46.5 Å². The van der Waals surface area contributed by atoms with Gasteiger partial charge in [0.2, 0.25) is 0 Å². The van der Waals surface area contributed by atoms with Crippen LogP contribution in [0.2, 0.25) is 0 Å². The molecule has 1 unspecified atom stereocenters. The van der Waals surface area contributed by atoms with Crippen LogP contribution in [-0.4, -0.2) is 6.04 Å². The molecule has 0 aromatic rings. The summed E-state index contributed by atoms with van der Waals surface area (Å²) in [6.07, 6.45) is 9.38. The van der Waals surface area contributed by atoms with E-state index in [1.807, 2.05) is 19.2 Å². The first-order valence-corrected chi connectivity index (χ1v) is 4.68. The van der Waals surface area contributed by atoms with Gasteiger partial charge in [0, 0.05) is 6.04 Å². The minimum Gasteiger partial charge on any atom is -0.389 e. The number of hydrogen-bond acceptors (Lipinski definition) is 1. The maximum absolute atomic E-state index is 3.31. The first-order chi connectivity index (χ1) is 5.31. The molecule has 0 saturated heterocycles. The zero-order chi connectivity index (χ0) is 8.53. The van der Waals surface area contributed by atoms with Gasteiger partial charge in [0.25, 0.3) is 0 Å². The number of nitrogens with one attached hydrogen (secondary N) is 1.